The number of hydrogen-bond donors (Lipinski definition) is 2. The molecule has 1 amide bonds. The number of nitrogens with one attached hydrogen (secondary N) is 2. The number of amides is 1. The van der Waals surface area contributed by atoms with Gasteiger partial charge in [-0.15, -0.1) is 0 Å². The predicted octanol–water partition coefficient (Wildman–Crippen LogP) is 1.54. The third-order valence-corrected chi connectivity index (χ3v) is 4.20. The lowest BCUT2D eigenvalue weighted by molar-refractivity contribution is -0.122. The summed E-state index contributed by atoms with van der Waals surface area (Å²) in [5, 5.41) is 6.42. The lowest BCUT2D eigenvalue weighted by atomic mass is 9.94. The van der Waals surface area contributed by atoms with Crippen molar-refractivity contribution in [3.63, 3.8) is 0 Å². The molecule has 0 aromatic heterocycles. The van der Waals surface area contributed by atoms with E-state index in [9.17, 15) is 4.79 Å². The minimum Gasteiger partial charge on any atom is -0.356 e. The molecule has 16 heavy (non-hydrogen) atoms. The van der Waals surface area contributed by atoms with Gasteiger partial charge in [-0.1, -0.05) is 13.8 Å². The summed E-state index contributed by atoms with van der Waals surface area (Å²) < 4.78 is 0. The third-order valence-electron chi connectivity index (χ3n) is 4.20. The van der Waals surface area contributed by atoms with Crippen molar-refractivity contribution in [1.29, 1.82) is 0 Å². The smallest absolute Gasteiger partial charge is 0.220 e. The van der Waals surface area contributed by atoms with Crippen molar-refractivity contribution in [2.45, 2.75) is 39.5 Å². The Bertz CT molecular complexity index is 257. The molecule has 1 aliphatic heterocycles. The van der Waals surface area contributed by atoms with Crippen LogP contribution in [0.25, 0.3) is 0 Å². The molecule has 0 spiro atoms. The largest absolute Gasteiger partial charge is 0.356 e. The molecule has 3 nitrogen and oxygen atoms in total. The summed E-state index contributed by atoms with van der Waals surface area (Å²) in [5.41, 5.74) is 0.474. The average molecular weight is 224 g/mol. The molecule has 0 aromatic rings. The zero-order valence-corrected chi connectivity index (χ0v) is 10.5. The molecule has 2 fully saturated rings. The van der Waals surface area contributed by atoms with Crippen molar-refractivity contribution in [1.82, 2.24) is 10.6 Å². The van der Waals surface area contributed by atoms with Gasteiger partial charge in [0.2, 0.25) is 5.91 Å². The highest BCUT2D eigenvalue weighted by Gasteiger charge is 2.45. The molecule has 2 rings (SSSR count). The van der Waals surface area contributed by atoms with E-state index in [0.717, 1.165) is 38.9 Å². The predicted molar refractivity (Wildman–Crippen MR) is 65.1 cm³/mol. The van der Waals surface area contributed by atoms with Crippen LogP contribution in [0, 0.1) is 17.3 Å². The monoisotopic (exact) mass is 224 g/mol. The Morgan fingerprint density at radius 3 is 2.56 bits per heavy atom. The van der Waals surface area contributed by atoms with Crippen LogP contribution >= 0.6 is 0 Å². The summed E-state index contributed by atoms with van der Waals surface area (Å²) in [6.07, 6.45) is 4.31. The Hall–Kier alpha value is -0.570. The zero-order chi connectivity index (χ0) is 11.6. The minimum absolute atomic E-state index is 0.259. The lowest BCUT2D eigenvalue weighted by Gasteiger charge is -2.21. The van der Waals surface area contributed by atoms with E-state index in [1.165, 1.54) is 6.42 Å². The second-order valence-corrected chi connectivity index (χ2v) is 6.09. The Morgan fingerprint density at radius 2 is 2.00 bits per heavy atom. The van der Waals surface area contributed by atoms with Crippen LogP contribution in [0.3, 0.4) is 0 Å². The van der Waals surface area contributed by atoms with Gasteiger partial charge in [-0.05, 0) is 49.6 Å². The van der Waals surface area contributed by atoms with Gasteiger partial charge in [0.05, 0.1) is 0 Å². The Labute approximate surface area is 98.4 Å². The molecule has 3 heteroatoms. The maximum absolute atomic E-state index is 11.7. The van der Waals surface area contributed by atoms with Crippen LogP contribution in [-0.4, -0.2) is 25.5 Å². The number of carbonyl (C=O) groups is 1. The lowest BCUT2D eigenvalue weighted by Crippen LogP contribution is -2.33. The summed E-state index contributed by atoms with van der Waals surface area (Å²) in [6.45, 7) is 7.59. The van der Waals surface area contributed by atoms with E-state index in [-0.39, 0.29) is 5.91 Å². The van der Waals surface area contributed by atoms with Crippen LogP contribution in [0.5, 0.6) is 0 Å². The van der Waals surface area contributed by atoms with E-state index in [4.69, 9.17) is 0 Å². The maximum atomic E-state index is 11.7. The maximum Gasteiger partial charge on any atom is 0.220 e. The van der Waals surface area contributed by atoms with Crippen molar-refractivity contribution in [2.75, 3.05) is 19.6 Å². The molecule has 2 aliphatic rings. The Morgan fingerprint density at radius 1 is 1.38 bits per heavy atom. The molecule has 1 heterocycles. The average Bonchev–Trinajstić information content (AvgIpc) is 2.85. The van der Waals surface area contributed by atoms with Crippen molar-refractivity contribution in [3.8, 4) is 0 Å². The second kappa shape index (κ2) is 4.74. The Balaban J connectivity index is 1.61. The van der Waals surface area contributed by atoms with Crippen molar-refractivity contribution < 1.29 is 4.79 Å². The second-order valence-electron chi connectivity index (χ2n) is 6.09. The van der Waals surface area contributed by atoms with Gasteiger partial charge >= 0.3 is 0 Å². The van der Waals surface area contributed by atoms with E-state index in [2.05, 4.69) is 24.5 Å². The fourth-order valence-electron chi connectivity index (χ4n) is 2.58. The minimum atomic E-state index is 0.259. The first-order valence-corrected chi connectivity index (χ1v) is 6.55. The summed E-state index contributed by atoms with van der Waals surface area (Å²) >= 11 is 0. The molecule has 0 aromatic carbocycles. The van der Waals surface area contributed by atoms with E-state index in [1.807, 2.05) is 0 Å². The van der Waals surface area contributed by atoms with Crippen molar-refractivity contribution >= 4 is 5.91 Å². The molecule has 1 atom stereocenters. The number of hydrogen-bond acceptors (Lipinski definition) is 2. The van der Waals surface area contributed by atoms with Crippen LogP contribution < -0.4 is 10.6 Å². The van der Waals surface area contributed by atoms with Crippen LogP contribution in [0.1, 0.15) is 39.5 Å². The standard InChI is InChI=1S/C13H24N2O/c1-13(2)8-11(13)9-15-12(16)7-10-3-5-14-6-4-10/h10-11,14H,3-9H2,1-2H3,(H,15,16). The van der Waals surface area contributed by atoms with Gasteiger partial charge in [0.25, 0.3) is 0 Å². The van der Waals surface area contributed by atoms with Gasteiger partial charge in [0, 0.05) is 13.0 Å². The van der Waals surface area contributed by atoms with Gasteiger partial charge in [0.15, 0.2) is 0 Å². The molecule has 0 radical (unpaired) electrons. The van der Waals surface area contributed by atoms with Gasteiger partial charge in [0.1, 0.15) is 0 Å². The van der Waals surface area contributed by atoms with Crippen LogP contribution in [0.4, 0.5) is 0 Å². The number of piperidine rings is 1. The van der Waals surface area contributed by atoms with Crippen LogP contribution in [0.15, 0.2) is 0 Å². The number of rotatable bonds is 4. The van der Waals surface area contributed by atoms with E-state index in [0.29, 0.717) is 17.3 Å². The molecular formula is C13H24N2O. The SMILES string of the molecule is CC1(C)CC1CNC(=O)CC1CCNCC1. The number of carbonyl (C=O) groups excluding carboxylic acids is 1. The molecule has 2 N–H and O–H groups in total. The van der Waals surface area contributed by atoms with Gasteiger partial charge in [-0.2, -0.15) is 0 Å². The molecule has 1 saturated carbocycles. The molecule has 92 valence electrons. The van der Waals surface area contributed by atoms with Gasteiger partial charge in [-0.25, -0.2) is 0 Å². The van der Waals surface area contributed by atoms with Gasteiger partial charge < -0.3 is 10.6 Å². The van der Waals surface area contributed by atoms with Crippen LogP contribution in [0.2, 0.25) is 0 Å². The fraction of sp³-hybridized carbons (Fsp3) is 0.923. The first-order valence-electron chi connectivity index (χ1n) is 6.55. The summed E-state index contributed by atoms with van der Waals surface area (Å²) in [5.74, 6) is 1.58. The summed E-state index contributed by atoms with van der Waals surface area (Å²) in [4.78, 5) is 11.7. The molecule has 1 saturated heterocycles. The van der Waals surface area contributed by atoms with Gasteiger partial charge in [-0.3, -0.25) is 4.79 Å². The van der Waals surface area contributed by atoms with Crippen molar-refractivity contribution in [2.24, 2.45) is 17.3 Å². The van der Waals surface area contributed by atoms with Crippen molar-refractivity contribution in [3.05, 3.63) is 0 Å². The van der Waals surface area contributed by atoms with Crippen LogP contribution in [-0.2, 0) is 4.79 Å². The molecule has 1 aliphatic carbocycles. The fourth-order valence-corrected chi connectivity index (χ4v) is 2.58. The van der Waals surface area contributed by atoms with E-state index in [1.54, 1.807) is 0 Å². The molecular weight excluding hydrogens is 200 g/mol. The first kappa shape index (κ1) is 11.9. The highest BCUT2D eigenvalue weighted by atomic mass is 16.1. The highest BCUT2D eigenvalue weighted by molar-refractivity contribution is 5.76. The zero-order valence-electron chi connectivity index (χ0n) is 10.5. The summed E-state index contributed by atoms with van der Waals surface area (Å²) in [6, 6.07) is 0. The van der Waals surface area contributed by atoms with E-state index >= 15 is 0 Å². The topological polar surface area (TPSA) is 41.1 Å². The highest BCUT2D eigenvalue weighted by Crippen LogP contribution is 2.50. The third kappa shape index (κ3) is 3.21. The summed E-state index contributed by atoms with van der Waals surface area (Å²) in [7, 11) is 0. The molecule has 1 unspecified atom stereocenters. The first-order chi connectivity index (χ1) is 7.58. The Kier molecular flexibility index (Phi) is 3.53. The quantitative estimate of drug-likeness (QED) is 0.760. The van der Waals surface area contributed by atoms with E-state index < -0.39 is 0 Å². The normalized spacial score (nSPS) is 28.8. The molecule has 0 bridgehead atoms.